The first kappa shape index (κ1) is 12.5. The van der Waals surface area contributed by atoms with Crippen molar-refractivity contribution in [3.63, 3.8) is 0 Å². The van der Waals surface area contributed by atoms with Crippen LogP contribution in [-0.4, -0.2) is 19.5 Å². The van der Waals surface area contributed by atoms with Crippen molar-refractivity contribution in [2.24, 2.45) is 0 Å². The Morgan fingerprint density at radius 1 is 1.40 bits per heavy atom. The Bertz CT molecular complexity index is 350. The maximum absolute atomic E-state index is 11.4. The number of ketones is 1. The van der Waals surface area contributed by atoms with E-state index in [1.54, 1.807) is 25.3 Å². The summed E-state index contributed by atoms with van der Waals surface area (Å²) < 4.78 is 4.82. The number of rotatable bonds is 5. The summed E-state index contributed by atoms with van der Waals surface area (Å²) in [7, 11) is 1.57. The minimum absolute atomic E-state index is 0.112. The fourth-order valence-electron chi connectivity index (χ4n) is 1.18. The van der Waals surface area contributed by atoms with E-state index in [-0.39, 0.29) is 5.78 Å². The summed E-state index contributed by atoms with van der Waals surface area (Å²) in [5, 5.41) is 1.11. The number of methoxy groups -OCH3 is 1. The van der Waals surface area contributed by atoms with E-state index in [1.165, 1.54) is 0 Å². The molecule has 15 heavy (non-hydrogen) atoms. The minimum Gasteiger partial charge on any atom is -0.384 e. The lowest BCUT2D eigenvalue weighted by molar-refractivity contribution is -0.119. The van der Waals surface area contributed by atoms with Gasteiger partial charge in [-0.1, -0.05) is 29.3 Å². The first-order valence-corrected chi connectivity index (χ1v) is 5.33. The molecule has 0 aromatic heterocycles. The summed E-state index contributed by atoms with van der Waals surface area (Å²) in [4.78, 5) is 11.4. The molecule has 0 saturated carbocycles. The van der Waals surface area contributed by atoms with Crippen LogP contribution in [0.4, 0.5) is 0 Å². The second-order valence-electron chi connectivity index (χ2n) is 3.19. The molecule has 0 bridgehead atoms. The number of hydrogen-bond donors (Lipinski definition) is 0. The molecule has 0 N–H and O–H groups in total. The summed E-state index contributed by atoms with van der Waals surface area (Å²) in [5.41, 5.74) is 0.808. The zero-order valence-electron chi connectivity index (χ0n) is 8.43. The highest BCUT2D eigenvalue weighted by molar-refractivity contribution is 6.35. The predicted octanol–water partition coefficient (Wildman–Crippen LogP) is 3.14. The second-order valence-corrected chi connectivity index (χ2v) is 4.04. The monoisotopic (exact) mass is 246 g/mol. The lowest BCUT2D eigenvalue weighted by atomic mass is 10.1. The highest BCUT2D eigenvalue weighted by Crippen LogP contribution is 2.21. The van der Waals surface area contributed by atoms with Crippen LogP contribution in [0.5, 0.6) is 0 Å². The van der Waals surface area contributed by atoms with E-state index in [4.69, 9.17) is 27.9 Å². The molecule has 0 atom stereocenters. The number of ether oxygens (including phenoxy) is 1. The lowest BCUT2D eigenvalue weighted by Crippen LogP contribution is -2.06. The smallest absolute Gasteiger partial charge is 0.139 e. The van der Waals surface area contributed by atoms with Gasteiger partial charge in [-0.3, -0.25) is 4.79 Å². The van der Waals surface area contributed by atoms with Crippen molar-refractivity contribution in [1.29, 1.82) is 0 Å². The van der Waals surface area contributed by atoms with E-state index < -0.39 is 0 Å². The first-order valence-electron chi connectivity index (χ1n) is 4.58. The quantitative estimate of drug-likeness (QED) is 0.798. The SMILES string of the molecule is COCCC(=O)Cc1ccc(Cl)cc1Cl. The van der Waals surface area contributed by atoms with Gasteiger partial charge in [-0.25, -0.2) is 0 Å². The number of benzene rings is 1. The Kier molecular flexibility index (Phi) is 5.09. The van der Waals surface area contributed by atoms with E-state index in [1.807, 2.05) is 0 Å². The third-order valence-electron chi connectivity index (χ3n) is 1.99. The highest BCUT2D eigenvalue weighted by Gasteiger charge is 2.07. The van der Waals surface area contributed by atoms with Gasteiger partial charge in [0.25, 0.3) is 0 Å². The maximum atomic E-state index is 11.4. The van der Waals surface area contributed by atoms with Crippen molar-refractivity contribution in [3.05, 3.63) is 33.8 Å². The summed E-state index contributed by atoms with van der Waals surface area (Å²) in [6.07, 6.45) is 0.745. The van der Waals surface area contributed by atoms with Crippen molar-refractivity contribution in [2.45, 2.75) is 12.8 Å². The van der Waals surface area contributed by atoms with Crippen LogP contribution in [0, 0.1) is 0 Å². The predicted molar refractivity (Wildman–Crippen MR) is 61.7 cm³/mol. The molecular formula is C11H12Cl2O2. The second kappa shape index (κ2) is 6.11. The largest absolute Gasteiger partial charge is 0.384 e. The molecule has 0 unspecified atom stereocenters. The summed E-state index contributed by atoms with van der Waals surface area (Å²) >= 11 is 11.7. The Labute approximate surface area is 99.1 Å². The number of carbonyl (C=O) groups is 1. The van der Waals surface area contributed by atoms with Crippen molar-refractivity contribution in [1.82, 2.24) is 0 Å². The number of carbonyl (C=O) groups excluding carboxylic acids is 1. The Morgan fingerprint density at radius 2 is 2.13 bits per heavy atom. The molecule has 1 rings (SSSR count). The van der Waals surface area contributed by atoms with E-state index in [2.05, 4.69) is 0 Å². The molecule has 0 heterocycles. The zero-order valence-corrected chi connectivity index (χ0v) is 9.94. The summed E-state index contributed by atoms with van der Waals surface area (Å²) in [6.45, 7) is 0.448. The fraction of sp³-hybridized carbons (Fsp3) is 0.364. The van der Waals surface area contributed by atoms with E-state index >= 15 is 0 Å². The van der Waals surface area contributed by atoms with Crippen LogP contribution >= 0.6 is 23.2 Å². The van der Waals surface area contributed by atoms with Gasteiger partial charge in [0.15, 0.2) is 0 Å². The molecule has 2 nitrogen and oxygen atoms in total. The molecule has 1 aromatic carbocycles. The molecule has 0 amide bonds. The Morgan fingerprint density at radius 3 is 2.73 bits per heavy atom. The molecule has 0 aliphatic carbocycles. The van der Waals surface area contributed by atoms with Gasteiger partial charge >= 0.3 is 0 Å². The van der Waals surface area contributed by atoms with Crippen molar-refractivity contribution < 1.29 is 9.53 Å². The Balaban J connectivity index is 2.60. The van der Waals surface area contributed by atoms with Gasteiger partial charge in [-0.2, -0.15) is 0 Å². The third kappa shape index (κ3) is 4.20. The molecule has 82 valence electrons. The number of hydrogen-bond acceptors (Lipinski definition) is 2. The van der Waals surface area contributed by atoms with Crippen LogP contribution in [0.15, 0.2) is 18.2 Å². The van der Waals surface area contributed by atoms with Gasteiger partial charge in [0.05, 0.1) is 6.61 Å². The standard InChI is InChI=1S/C11H12Cl2O2/c1-15-5-4-10(14)6-8-2-3-9(12)7-11(8)13/h2-3,7H,4-6H2,1H3. The van der Waals surface area contributed by atoms with Crippen LogP contribution in [0.2, 0.25) is 10.0 Å². The maximum Gasteiger partial charge on any atom is 0.139 e. The van der Waals surface area contributed by atoms with Gasteiger partial charge in [0, 0.05) is 30.0 Å². The van der Waals surface area contributed by atoms with Crippen LogP contribution < -0.4 is 0 Å². The van der Waals surface area contributed by atoms with Crippen molar-refractivity contribution in [3.8, 4) is 0 Å². The first-order chi connectivity index (χ1) is 7.13. The third-order valence-corrected chi connectivity index (χ3v) is 2.57. The van der Waals surface area contributed by atoms with Crippen molar-refractivity contribution in [2.75, 3.05) is 13.7 Å². The van der Waals surface area contributed by atoms with Gasteiger partial charge < -0.3 is 4.74 Å². The van der Waals surface area contributed by atoms with Crippen molar-refractivity contribution >= 4 is 29.0 Å². The fourth-order valence-corrected chi connectivity index (χ4v) is 1.66. The average Bonchev–Trinajstić information content (AvgIpc) is 2.19. The van der Waals surface area contributed by atoms with Gasteiger partial charge in [0.1, 0.15) is 5.78 Å². The molecule has 0 saturated heterocycles. The van der Waals surface area contributed by atoms with Gasteiger partial charge in [0.2, 0.25) is 0 Å². The number of halogens is 2. The summed E-state index contributed by atoms with van der Waals surface area (Å²) in [6, 6.07) is 5.14. The van der Waals surface area contributed by atoms with E-state index in [0.29, 0.717) is 29.5 Å². The van der Waals surface area contributed by atoms with Gasteiger partial charge in [-0.15, -0.1) is 0 Å². The van der Waals surface area contributed by atoms with Crippen LogP contribution in [-0.2, 0) is 16.0 Å². The molecule has 0 fully saturated rings. The zero-order chi connectivity index (χ0) is 11.3. The molecule has 0 aliphatic rings. The molecule has 0 aliphatic heterocycles. The van der Waals surface area contributed by atoms with E-state index in [0.717, 1.165) is 5.56 Å². The highest BCUT2D eigenvalue weighted by atomic mass is 35.5. The molecule has 4 heteroatoms. The Hall–Kier alpha value is -0.570. The normalized spacial score (nSPS) is 10.3. The average molecular weight is 247 g/mol. The van der Waals surface area contributed by atoms with Crippen LogP contribution in [0.25, 0.3) is 0 Å². The van der Waals surface area contributed by atoms with E-state index in [9.17, 15) is 4.79 Å². The van der Waals surface area contributed by atoms with Crippen LogP contribution in [0.1, 0.15) is 12.0 Å². The molecule has 0 spiro atoms. The molecule has 0 radical (unpaired) electrons. The minimum atomic E-state index is 0.112. The molecular weight excluding hydrogens is 235 g/mol. The molecule has 1 aromatic rings. The van der Waals surface area contributed by atoms with Gasteiger partial charge in [-0.05, 0) is 17.7 Å². The number of Topliss-reactive ketones (excluding diaryl/α,β-unsaturated/α-hetero) is 1. The topological polar surface area (TPSA) is 26.3 Å². The van der Waals surface area contributed by atoms with Crippen LogP contribution in [0.3, 0.4) is 0 Å². The summed E-state index contributed by atoms with van der Waals surface area (Å²) in [5.74, 6) is 0.112. The lowest BCUT2D eigenvalue weighted by Gasteiger charge is -2.03.